The van der Waals surface area contributed by atoms with Gasteiger partial charge in [-0.3, -0.25) is 4.79 Å². The molecule has 4 heteroatoms. The molecule has 0 aliphatic rings. The number of benzene rings is 3. The van der Waals surface area contributed by atoms with E-state index in [4.69, 9.17) is 0 Å². The zero-order valence-electron chi connectivity index (χ0n) is 14.2. The minimum atomic E-state index is -1.10. The van der Waals surface area contributed by atoms with Crippen molar-refractivity contribution in [3.63, 3.8) is 0 Å². The van der Waals surface area contributed by atoms with Gasteiger partial charge in [0.15, 0.2) is 5.52 Å². The molecule has 3 aromatic rings. The zero-order valence-corrected chi connectivity index (χ0v) is 16.7. The first kappa shape index (κ1) is 18.3. The Morgan fingerprint density at radius 2 is 1.12 bits per heavy atom. The minimum Gasteiger partial charge on any atom is -0.288 e. The van der Waals surface area contributed by atoms with Crippen molar-refractivity contribution in [3.8, 4) is 0 Å². The number of carbonyl (C=O) groups excluding carboxylic acids is 1. The molecule has 0 fully saturated rings. The Kier molecular flexibility index (Phi) is 6.36. The van der Waals surface area contributed by atoms with Crippen molar-refractivity contribution in [3.05, 3.63) is 84.4 Å². The third kappa shape index (κ3) is 4.00. The molecule has 0 heterocycles. The summed E-state index contributed by atoms with van der Waals surface area (Å²) in [5.74, 6) is 0. The second kappa shape index (κ2) is 8.71. The molecule has 0 spiro atoms. The average molecular weight is 382 g/mol. The number of hydrogen-bond donors (Lipinski definition) is 0. The molecule has 0 saturated heterocycles. The molecule has 0 aliphatic heterocycles. The van der Waals surface area contributed by atoms with Crippen molar-refractivity contribution in [1.29, 1.82) is 0 Å². The van der Waals surface area contributed by atoms with Gasteiger partial charge >= 0.3 is 0 Å². The smallest absolute Gasteiger partial charge is 0.195 e. The summed E-state index contributed by atoms with van der Waals surface area (Å²) in [5.41, 5.74) is 1.09. The highest BCUT2D eigenvalue weighted by atomic mass is 32.2. The summed E-state index contributed by atoms with van der Waals surface area (Å²) < 4.78 is 0. The molecule has 0 aromatic heterocycles. The highest BCUT2D eigenvalue weighted by molar-refractivity contribution is 7.99. The molecule has 1 nitrogen and oxygen atoms in total. The quantitative estimate of drug-likeness (QED) is 0.419. The fraction of sp³-hybridized carbons (Fsp3) is 0.0952. The van der Waals surface area contributed by atoms with Crippen LogP contribution < -0.4 is 10.6 Å². The van der Waals surface area contributed by atoms with Gasteiger partial charge in [-0.1, -0.05) is 66.7 Å². The lowest BCUT2D eigenvalue weighted by Crippen LogP contribution is -2.19. The molecule has 126 valence electrons. The van der Waals surface area contributed by atoms with Crippen LogP contribution in [0.1, 0.15) is 10.4 Å². The van der Waals surface area contributed by atoms with E-state index in [1.165, 1.54) is 0 Å². The molecule has 3 rings (SSSR count). The van der Waals surface area contributed by atoms with E-state index in [-0.39, 0.29) is 5.52 Å². The van der Waals surface area contributed by atoms with Gasteiger partial charge in [0.25, 0.3) is 0 Å². The Bertz CT molecular complexity index is 789. The topological polar surface area (TPSA) is 17.1 Å². The Morgan fingerprint density at radius 1 is 0.680 bits per heavy atom. The predicted octanol–water partition coefficient (Wildman–Crippen LogP) is 5.40. The molecule has 0 unspecified atom stereocenters. The first-order valence-corrected chi connectivity index (χ1v) is 11.7. The molecule has 0 aliphatic carbocycles. The third-order valence-corrected chi connectivity index (χ3v) is 7.69. The second-order valence-electron chi connectivity index (χ2n) is 5.35. The van der Waals surface area contributed by atoms with Gasteiger partial charge in [-0.25, -0.2) is 0 Å². The summed E-state index contributed by atoms with van der Waals surface area (Å²) in [6, 6.07) is 26.4. The van der Waals surface area contributed by atoms with Crippen LogP contribution in [0.3, 0.4) is 0 Å². The zero-order chi connectivity index (χ0) is 17.6. The van der Waals surface area contributed by atoms with Gasteiger partial charge in [0.05, 0.1) is 0 Å². The van der Waals surface area contributed by atoms with Gasteiger partial charge < -0.3 is 0 Å². The lowest BCUT2D eigenvalue weighted by atomic mass is 10.2. The van der Waals surface area contributed by atoms with Crippen molar-refractivity contribution in [2.24, 2.45) is 0 Å². The Hall–Kier alpha value is -1.54. The van der Waals surface area contributed by atoms with E-state index in [9.17, 15) is 4.79 Å². The highest BCUT2D eigenvalue weighted by Crippen LogP contribution is 2.42. The van der Waals surface area contributed by atoms with Gasteiger partial charge in [-0.2, -0.15) is 0 Å². The standard InChI is InChI=1S/C21H19OPS2/c1-24-18-14-9-15-19(25-2)20(18)21(22)23(16-10-5-3-6-11-16)17-12-7-4-8-13-17/h3-15H,1-2H3. The Balaban J connectivity index is 2.17. The molecule has 0 amide bonds. The van der Waals surface area contributed by atoms with Gasteiger partial charge in [0, 0.05) is 23.3 Å². The number of rotatable bonds is 6. The van der Waals surface area contributed by atoms with Gasteiger partial charge in [0.2, 0.25) is 0 Å². The SMILES string of the molecule is CSc1cccc(SC)c1C(=O)P(c1ccccc1)c1ccccc1. The fourth-order valence-corrected chi connectivity index (χ4v) is 6.34. The maximum atomic E-state index is 13.7. The molecular weight excluding hydrogens is 363 g/mol. The minimum absolute atomic E-state index is 0.224. The summed E-state index contributed by atoms with van der Waals surface area (Å²) in [6.07, 6.45) is 4.06. The van der Waals surface area contributed by atoms with E-state index in [2.05, 4.69) is 24.3 Å². The molecule has 0 atom stereocenters. The van der Waals surface area contributed by atoms with Crippen molar-refractivity contribution in [2.75, 3.05) is 12.5 Å². The molecule has 0 bridgehead atoms. The van der Waals surface area contributed by atoms with Crippen molar-refractivity contribution in [2.45, 2.75) is 9.79 Å². The summed E-state index contributed by atoms with van der Waals surface area (Å²) in [5, 5.41) is 2.19. The van der Waals surface area contributed by atoms with E-state index in [1.807, 2.05) is 67.1 Å². The van der Waals surface area contributed by atoms with E-state index in [1.54, 1.807) is 23.5 Å². The Labute approximate surface area is 159 Å². The maximum Gasteiger partial charge on any atom is 0.195 e. The molecule has 0 radical (unpaired) electrons. The highest BCUT2D eigenvalue weighted by Gasteiger charge is 2.27. The summed E-state index contributed by atoms with van der Waals surface area (Å²) in [4.78, 5) is 15.8. The molecule has 0 saturated carbocycles. The van der Waals surface area contributed by atoms with Gasteiger partial charge in [0.1, 0.15) is 0 Å². The van der Waals surface area contributed by atoms with Crippen LogP contribution in [0, 0.1) is 0 Å². The van der Waals surface area contributed by atoms with E-state index in [0.717, 1.165) is 26.0 Å². The molecule has 25 heavy (non-hydrogen) atoms. The van der Waals surface area contributed by atoms with Crippen molar-refractivity contribution < 1.29 is 4.79 Å². The number of carbonyl (C=O) groups is 1. The summed E-state index contributed by atoms with van der Waals surface area (Å²) in [6.45, 7) is 0. The van der Waals surface area contributed by atoms with Crippen LogP contribution in [0.25, 0.3) is 0 Å². The van der Waals surface area contributed by atoms with E-state index in [0.29, 0.717) is 0 Å². The fourth-order valence-electron chi connectivity index (χ4n) is 2.71. The molecular formula is C21H19OPS2. The molecule has 3 aromatic carbocycles. The van der Waals surface area contributed by atoms with Crippen LogP contribution in [-0.4, -0.2) is 18.0 Å². The van der Waals surface area contributed by atoms with Crippen molar-refractivity contribution >= 4 is 47.6 Å². The van der Waals surface area contributed by atoms with E-state index >= 15 is 0 Å². The number of thioether (sulfide) groups is 2. The van der Waals surface area contributed by atoms with Crippen LogP contribution in [0.15, 0.2) is 88.7 Å². The average Bonchev–Trinajstić information content (AvgIpc) is 2.69. The van der Waals surface area contributed by atoms with Crippen LogP contribution in [0.5, 0.6) is 0 Å². The monoisotopic (exact) mass is 382 g/mol. The largest absolute Gasteiger partial charge is 0.288 e. The lowest BCUT2D eigenvalue weighted by molar-refractivity contribution is 0.107. The summed E-state index contributed by atoms with van der Waals surface area (Å²) >= 11 is 3.27. The summed E-state index contributed by atoms with van der Waals surface area (Å²) in [7, 11) is -1.10. The van der Waals surface area contributed by atoms with Crippen LogP contribution in [-0.2, 0) is 0 Å². The first-order valence-electron chi connectivity index (χ1n) is 7.92. The predicted molar refractivity (Wildman–Crippen MR) is 113 cm³/mol. The maximum absolute atomic E-state index is 13.7. The third-order valence-electron chi connectivity index (χ3n) is 3.87. The normalized spacial score (nSPS) is 10.8. The van der Waals surface area contributed by atoms with Gasteiger partial charge in [-0.05, 0) is 35.3 Å². The molecule has 0 N–H and O–H groups in total. The second-order valence-corrected chi connectivity index (χ2v) is 9.16. The van der Waals surface area contributed by atoms with Crippen LogP contribution in [0.4, 0.5) is 0 Å². The van der Waals surface area contributed by atoms with Crippen LogP contribution >= 0.6 is 31.4 Å². The number of hydrogen-bond acceptors (Lipinski definition) is 3. The Morgan fingerprint density at radius 3 is 1.52 bits per heavy atom. The van der Waals surface area contributed by atoms with Crippen LogP contribution in [0.2, 0.25) is 0 Å². The first-order chi connectivity index (χ1) is 12.3. The van der Waals surface area contributed by atoms with Crippen molar-refractivity contribution in [1.82, 2.24) is 0 Å². The van der Waals surface area contributed by atoms with Gasteiger partial charge in [-0.15, -0.1) is 23.5 Å². The van der Waals surface area contributed by atoms with E-state index < -0.39 is 7.92 Å². The lowest BCUT2D eigenvalue weighted by Gasteiger charge is -2.20.